The number of rotatable bonds is 3. The summed E-state index contributed by atoms with van der Waals surface area (Å²) in [4.78, 5) is 20.5. The average molecular weight is 407 g/mol. The SMILES string of the molecule is O=C(Nc1nccs1)c1cccc2nc(-c3ccc(F)cc3C(F)(F)F)oc12. The van der Waals surface area contributed by atoms with Gasteiger partial charge in [-0.05, 0) is 30.3 Å². The van der Waals surface area contributed by atoms with Crippen LogP contribution in [-0.2, 0) is 6.18 Å². The van der Waals surface area contributed by atoms with Crippen molar-refractivity contribution >= 4 is 33.5 Å². The monoisotopic (exact) mass is 407 g/mol. The van der Waals surface area contributed by atoms with E-state index >= 15 is 0 Å². The van der Waals surface area contributed by atoms with E-state index in [1.165, 1.54) is 35.7 Å². The number of carbonyl (C=O) groups excluding carboxylic acids is 1. The van der Waals surface area contributed by atoms with Crippen molar-refractivity contribution in [1.82, 2.24) is 9.97 Å². The van der Waals surface area contributed by atoms with Crippen molar-refractivity contribution in [1.29, 1.82) is 0 Å². The van der Waals surface area contributed by atoms with Gasteiger partial charge in [-0.1, -0.05) is 6.07 Å². The van der Waals surface area contributed by atoms with Gasteiger partial charge in [0.25, 0.3) is 5.91 Å². The van der Waals surface area contributed by atoms with E-state index in [1.807, 2.05) is 0 Å². The van der Waals surface area contributed by atoms with Gasteiger partial charge in [0, 0.05) is 17.1 Å². The molecule has 0 radical (unpaired) electrons. The van der Waals surface area contributed by atoms with Crippen LogP contribution in [0.5, 0.6) is 0 Å². The molecule has 0 aliphatic heterocycles. The molecule has 1 N–H and O–H groups in total. The molecule has 0 fully saturated rings. The van der Waals surface area contributed by atoms with Gasteiger partial charge in [-0.15, -0.1) is 11.3 Å². The minimum atomic E-state index is -4.80. The highest BCUT2D eigenvalue weighted by Gasteiger charge is 2.35. The fourth-order valence-corrected chi connectivity index (χ4v) is 3.15. The van der Waals surface area contributed by atoms with Crippen LogP contribution in [0, 0.1) is 5.82 Å². The number of nitrogens with one attached hydrogen (secondary N) is 1. The molecular weight excluding hydrogens is 398 g/mol. The number of para-hydroxylation sites is 1. The lowest BCUT2D eigenvalue weighted by atomic mass is 10.1. The third kappa shape index (κ3) is 3.33. The van der Waals surface area contributed by atoms with Crippen molar-refractivity contribution in [2.45, 2.75) is 6.18 Å². The van der Waals surface area contributed by atoms with Crippen LogP contribution in [0.15, 0.2) is 52.4 Å². The van der Waals surface area contributed by atoms with Gasteiger partial charge in [0.1, 0.15) is 11.3 Å². The predicted molar refractivity (Wildman–Crippen MR) is 94.5 cm³/mol. The van der Waals surface area contributed by atoms with Crippen LogP contribution in [0.4, 0.5) is 22.7 Å². The Morgan fingerprint density at radius 1 is 1.18 bits per heavy atom. The molecule has 2 aromatic carbocycles. The van der Waals surface area contributed by atoms with Crippen molar-refractivity contribution in [2.75, 3.05) is 5.32 Å². The first-order chi connectivity index (χ1) is 13.3. The second-order valence-corrected chi connectivity index (χ2v) is 6.55. The summed E-state index contributed by atoms with van der Waals surface area (Å²) in [6.45, 7) is 0. The molecule has 4 aromatic rings. The summed E-state index contributed by atoms with van der Waals surface area (Å²) < 4.78 is 58.7. The normalized spacial score (nSPS) is 11.7. The third-order valence-electron chi connectivity index (χ3n) is 3.83. The molecule has 0 spiro atoms. The number of amides is 1. The number of fused-ring (bicyclic) bond motifs is 1. The molecule has 0 unspecified atom stereocenters. The zero-order valence-electron chi connectivity index (χ0n) is 13.7. The molecule has 2 aromatic heterocycles. The van der Waals surface area contributed by atoms with E-state index in [4.69, 9.17) is 4.42 Å². The molecular formula is C18H9F4N3O2S. The number of thiazole rings is 1. The number of oxazole rings is 1. The zero-order valence-corrected chi connectivity index (χ0v) is 14.6. The number of alkyl halides is 3. The number of aromatic nitrogens is 2. The first-order valence-electron chi connectivity index (χ1n) is 7.80. The Labute approximate surface area is 158 Å². The molecule has 0 atom stereocenters. The van der Waals surface area contributed by atoms with Gasteiger partial charge in [-0.2, -0.15) is 13.2 Å². The predicted octanol–water partition coefficient (Wildman–Crippen LogP) is 5.36. The highest BCUT2D eigenvalue weighted by molar-refractivity contribution is 7.13. The Hall–Kier alpha value is -3.27. The molecule has 2 heterocycles. The van der Waals surface area contributed by atoms with Gasteiger partial charge in [0.2, 0.25) is 5.89 Å². The Kier molecular flexibility index (Phi) is 4.34. The highest BCUT2D eigenvalue weighted by atomic mass is 32.1. The molecule has 0 aliphatic rings. The van der Waals surface area contributed by atoms with Gasteiger partial charge in [-0.25, -0.2) is 14.4 Å². The maximum atomic E-state index is 13.3. The molecule has 28 heavy (non-hydrogen) atoms. The van der Waals surface area contributed by atoms with Gasteiger partial charge in [-0.3, -0.25) is 10.1 Å². The van der Waals surface area contributed by atoms with Crippen LogP contribution in [0.25, 0.3) is 22.6 Å². The highest BCUT2D eigenvalue weighted by Crippen LogP contribution is 2.38. The van der Waals surface area contributed by atoms with E-state index < -0.39 is 29.0 Å². The minimum absolute atomic E-state index is 0.0176. The topological polar surface area (TPSA) is 68.0 Å². The molecule has 5 nitrogen and oxygen atoms in total. The number of carbonyl (C=O) groups is 1. The summed E-state index contributed by atoms with van der Waals surface area (Å²) in [5, 5.41) is 4.61. The number of hydrogen-bond acceptors (Lipinski definition) is 5. The number of benzene rings is 2. The summed E-state index contributed by atoms with van der Waals surface area (Å²) in [7, 11) is 0. The molecule has 0 bridgehead atoms. The van der Waals surface area contributed by atoms with Crippen molar-refractivity contribution in [2.24, 2.45) is 0 Å². The minimum Gasteiger partial charge on any atom is -0.435 e. The Balaban J connectivity index is 1.81. The van der Waals surface area contributed by atoms with E-state index in [1.54, 1.807) is 5.38 Å². The zero-order chi connectivity index (χ0) is 19.9. The van der Waals surface area contributed by atoms with Crippen LogP contribution in [0.2, 0.25) is 0 Å². The quantitative estimate of drug-likeness (QED) is 0.464. The number of hydrogen-bond donors (Lipinski definition) is 1. The number of nitrogens with zero attached hydrogens (tertiary/aromatic N) is 2. The van der Waals surface area contributed by atoms with Crippen molar-refractivity contribution in [3.63, 3.8) is 0 Å². The lowest BCUT2D eigenvalue weighted by Crippen LogP contribution is -2.11. The standard InChI is InChI=1S/C18H9F4N3O2S/c19-9-4-5-10(12(8-9)18(20,21)22)16-24-13-3-1-2-11(14(13)27-16)15(26)25-17-23-6-7-28-17/h1-8H,(H,23,25,26). The Bertz CT molecular complexity index is 1170. The molecule has 0 saturated heterocycles. The van der Waals surface area contributed by atoms with Crippen molar-refractivity contribution < 1.29 is 26.8 Å². The van der Waals surface area contributed by atoms with Crippen LogP contribution in [-0.4, -0.2) is 15.9 Å². The maximum absolute atomic E-state index is 13.3. The van der Waals surface area contributed by atoms with Gasteiger partial charge >= 0.3 is 6.18 Å². The molecule has 1 amide bonds. The Morgan fingerprint density at radius 3 is 2.71 bits per heavy atom. The molecule has 0 aliphatic carbocycles. The van der Waals surface area contributed by atoms with E-state index in [0.717, 1.165) is 12.1 Å². The number of halogens is 4. The van der Waals surface area contributed by atoms with Gasteiger partial charge in [0.15, 0.2) is 10.7 Å². The largest absolute Gasteiger partial charge is 0.435 e. The van der Waals surface area contributed by atoms with Crippen LogP contribution in [0.1, 0.15) is 15.9 Å². The summed E-state index contributed by atoms with van der Waals surface area (Å²) >= 11 is 1.21. The third-order valence-corrected chi connectivity index (χ3v) is 4.52. The fraction of sp³-hybridized carbons (Fsp3) is 0.0556. The summed E-state index contributed by atoms with van der Waals surface area (Å²) in [5.41, 5.74) is -1.34. The summed E-state index contributed by atoms with van der Waals surface area (Å²) in [6.07, 6.45) is -3.29. The first-order valence-corrected chi connectivity index (χ1v) is 8.68. The summed E-state index contributed by atoms with van der Waals surface area (Å²) in [6, 6.07) is 6.68. The lowest BCUT2D eigenvalue weighted by molar-refractivity contribution is -0.137. The van der Waals surface area contributed by atoms with Crippen LogP contribution < -0.4 is 5.32 Å². The smallest absolute Gasteiger partial charge is 0.417 e. The van der Waals surface area contributed by atoms with Crippen molar-refractivity contribution in [3.8, 4) is 11.5 Å². The second-order valence-electron chi connectivity index (χ2n) is 5.65. The second kappa shape index (κ2) is 6.71. The fourth-order valence-electron chi connectivity index (χ4n) is 2.63. The van der Waals surface area contributed by atoms with E-state index in [-0.39, 0.29) is 22.6 Å². The van der Waals surface area contributed by atoms with Crippen LogP contribution >= 0.6 is 11.3 Å². The lowest BCUT2D eigenvalue weighted by Gasteiger charge is -2.10. The average Bonchev–Trinajstić information content (AvgIpc) is 3.29. The van der Waals surface area contributed by atoms with Crippen molar-refractivity contribution in [3.05, 3.63) is 64.9 Å². The Morgan fingerprint density at radius 2 is 2.00 bits per heavy atom. The molecule has 142 valence electrons. The first kappa shape index (κ1) is 18.1. The molecule has 10 heteroatoms. The van der Waals surface area contributed by atoms with E-state index in [2.05, 4.69) is 15.3 Å². The summed E-state index contributed by atoms with van der Waals surface area (Å²) in [5.74, 6) is -1.94. The van der Waals surface area contributed by atoms with Gasteiger partial charge in [0.05, 0.1) is 11.1 Å². The maximum Gasteiger partial charge on any atom is 0.417 e. The number of anilines is 1. The van der Waals surface area contributed by atoms with Gasteiger partial charge < -0.3 is 4.42 Å². The molecule has 4 rings (SSSR count). The van der Waals surface area contributed by atoms with Crippen LogP contribution in [0.3, 0.4) is 0 Å². The molecule has 0 saturated carbocycles. The van der Waals surface area contributed by atoms with E-state index in [0.29, 0.717) is 11.2 Å². The van der Waals surface area contributed by atoms with E-state index in [9.17, 15) is 22.4 Å².